The van der Waals surface area contributed by atoms with Gasteiger partial charge >= 0.3 is 0 Å². The van der Waals surface area contributed by atoms with Crippen LogP contribution in [0.2, 0.25) is 5.02 Å². The fourth-order valence-corrected chi connectivity index (χ4v) is 2.01. The lowest BCUT2D eigenvalue weighted by Gasteiger charge is -2.35. The Bertz CT molecular complexity index is 397. The zero-order chi connectivity index (χ0) is 11.5. The zero-order valence-corrected chi connectivity index (χ0v) is 9.48. The van der Waals surface area contributed by atoms with E-state index < -0.39 is 0 Å². The van der Waals surface area contributed by atoms with Crippen LogP contribution >= 0.6 is 11.6 Å². The largest absolute Gasteiger partial charge is 0.369 e. The molecule has 16 heavy (non-hydrogen) atoms. The summed E-state index contributed by atoms with van der Waals surface area (Å²) in [5.41, 5.74) is 6.33. The number of carbonyl (C=O) groups is 1. The van der Waals surface area contributed by atoms with E-state index in [1.165, 1.54) is 0 Å². The van der Waals surface area contributed by atoms with Crippen LogP contribution in [0.5, 0.6) is 0 Å². The molecule has 1 heterocycles. The van der Waals surface area contributed by atoms with Crippen LogP contribution in [0.1, 0.15) is 0 Å². The number of halogens is 1. The minimum Gasteiger partial charge on any atom is -0.369 e. The number of anilines is 1. The van der Waals surface area contributed by atoms with E-state index in [1.54, 1.807) is 11.0 Å². The Morgan fingerprint density at radius 3 is 2.94 bits per heavy atom. The standard InChI is InChI=1S/C11H13ClN2O2/c12-9-3-1-2-4-10(9)14-8(5-13)6-16-7-11(14)15/h1-4,8H,5-7,13H2. The monoisotopic (exact) mass is 240 g/mol. The van der Waals surface area contributed by atoms with Crippen molar-refractivity contribution in [3.05, 3.63) is 29.3 Å². The predicted octanol–water partition coefficient (Wildman–Crippen LogP) is 1.03. The molecule has 5 heteroatoms. The SMILES string of the molecule is NCC1COCC(=O)N1c1ccccc1Cl. The molecule has 0 saturated carbocycles. The maximum Gasteiger partial charge on any atom is 0.253 e. The van der Waals surface area contributed by atoms with Crippen molar-refractivity contribution in [3.63, 3.8) is 0 Å². The second-order valence-electron chi connectivity index (χ2n) is 3.62. The topological polar surface area (TPSA) is 55.6 Å². The van der Waals surface area contributed by atoms with E-state index in [-0.39, 0.29) is 18.6 Å². The van der Waals surface area contributed by atoms with Crippen LogP contribution < -0.4 is 10.6 Å². The zero-order valence-electron chi connectivity index (χ0n) is 8.73. The summed E-state index contributed by atoms with van der Waals surface area (Å²) in [5.74, 6) is -0.102. The Hall–Kier alpha value is -1.10. The van der Waals surface area contributed by atoms with Crippen LogP contribution in [0.4, 0.5) is 5.69 Å². The van der Waals surface area contributed by atoms with Crippen molar-refractivity contribution in [1.29, 1.82) is 0 Å². The first-order chi connectivity index (χ1) is 7.74. The van der Waals surface area contributed by atoms with Crippen molar-refractivity contribution in [2.24, 2.45) is 5.73 Å². The molecule has 2 N–H and O–H groups in total. The summed E-state index contributed by atoms with van der Waals surface area (Å²) in [4.78, 5) is 13.4. The van der Waals surface area contributed by atoms with Gasteiger partial charge < -0.3 is 15.4 Å². The fourth-order valence-electron chi connectivity index (χ4n) is 1.78. The normalized spacial score (nSPS) is 21.2. The molecule has 1 aliphatic rings. The number of nitrogens with zero attached hydrogens (tertiary/aromatic N) is 1. The molecule has 1 aromatic rings. The van der Waals surface area contributed by atoms with E-state index in [0.29, 0.717) is 23.9 Å². The first kappa shape index (κ1) is 11.4. The number of hydrogen-bond acceptors (Lipinski definition) is 3. The van der Waals surface area contributed by atoms with Crippen LogP contribution in [-0.4, -0.2) is 31.7 Å². The van der Waals surface area contributed by atoms with E-state index in [4.69, 9.17) is 22.1 Å². The summed E-state index contributed by atoms with van der Waals surface area (Å²) in [6.07, 6.45) is 0. The highest BCUT2D eigenvalue weighted by Crippen LogP contribution is 2.28. The molecule has 1 aromatic carbocycles. The Morgan fingerprint density at radius 2 is 2.25 bits per heavy atom. The van der Waals surface area contributed by atoms with Crippen LogP contribution in [-0.2, 0) is 9.53 Å². The highest BCUT2D eigenvalue weighted by Gasteiger charge is 2.30. The highest BCUT2D eigenvalue weighted by molar-refractivity contribution is 6.33. The van der Waals surface area contributed by atoms with E-state index in [9.17, 15) is 4.79 Å². The van der Waals surface area contributed by atoms with Gasteiger partial charge in [0.1, 0.15) is 6.61 Å². The number of amides is 1. The number of morpholine rings is 1. The number of rotatable bonds is 2. The molecule has 86 valence electrons. The van der Waals surface area contributed by atoms with Gasteiger partial charge in [-0.1, -0.05) is 23.7 Å². The van der Waals surface area contributed by atoms with Gasteiger partial charge in [-0.15, -0.1) is 0 Å². The van der Waals surface area contributed by atoms with Crippen LogP contribution in [0.25, 0.3) is 0 Å². The summed E-state index contributed by atoms with van der Waals surface area (Å²) < 4.78 is 5.16. The van der Waals surface area contributed by atoms with Gasteiger partial charge in [-0.25, -0.2) is 0 Å². The first-order valence-electron chi connectivity index (χ1n) is 5.08. The van der Waals surface area contributed by atoms with Gasteiger partial charge in [-0.05, 0) is 12.1 Å². The summed E-state index contributed by atoms with van der Waals surface area (Å²) in [6.45, 7) is 0.895. The van der Waals surface area contributed by atoms with Crippen LogP contribution in [0, 0.1) is 0 Å². The lowest BCUT2D eigenvalue weighted by Crippen LogP contribution is -2.53. The lowest BCUT2D eigenvalue weighted by atomic mass is 10.2. The minimum atomic E-state index is -0.138. The number of ether oxygens (including phenoxy) is 1. The van der Waals surface area contributed by atoms with Crippen molar-refractivity contribution in [2.45, 2.75) is 6.04 Å². The Kier molecular flexibility index (Phi) is 3.43. The molecule has 4 nitrogen and oxygen atoms in total. The molecule has 0 aliphatic carbocycles. The maximum absolute atomic E-state index is 11.8. The maximum atomic E-state index is 11.8. The Balaban J connectivity index is 2.36. The smallest absolute Gasteiger partial charge is 0.253 e. The molecular formula is C11H13ClN2O2. The predicted molar refractivity (Wildman–Crippen MR) is 62.6 cm³/mol. The molecule has 1 unspecified atom stereocenters. The summed E-state index contributed by atoms with van der Waals surface area (Å²) in [6, 6.07) is 7.11. The number of benzene rings is 1. The lowest BCUT2D eigenvalue weighted by molar-refractivity contribution is -0.127. The summed E-state index contributed by atoms with van der Waals surface area (Å²) >= 11 is 6.07. The number of hydrogen-bond donors (Lipinski definition) is 1. The van der Waals surface area contributed by atoms with Crippen LogP contribution in [0.15, 0.2) is 24.3 Å². The third-order valence-electron chi connectivity index (χ3n) is 2.55. The molecule has 1 fully saturated rings. The Morgan fingerprint density at radius 1 is 1.50 bits per heavy atom. The van der Waals surface area contributed by atoms with Gasteiger partial charge in [0.05, 0.1) is 23.4 Å². The van der Waals surface area contributed by atoms with Crippen molar-refractivity contribution < 1.29 is 9.53 Å². The van der Waals surface area contributed by atoms with Crippen molar-refractivity contribution >= 4 is 23.2 Å². The van der Waals surface area contributed by atoms with E-state index in [0.717, 1.165) is 0 Å². The first-order valence-corrected chi connectivity index (χ1v) is 5.46. The van der Waals surface area contributed by atoms with E-state index in [1.807, 2.05) is 18.2 Å². The molecule has 1 amide bonds. The molecule has 1 saturated heterocycles. The van der Waals surface area contributed by atoms with Gasteiger partial charge in [-0.3, -0.25) is 4.79 Å². The molecule has 2 rings (SSSR count). The van der Waals surface area contributed by atoms with Crippen molar-refractivity contribution in [1.82, 2.24) is 0 Å². The Labute approximate surface area is 98.9 Å². The molecule has 1 aliphatic heterocycles. The number of carbonyl (C=O) groups excluding carboxylic acids is 1. The molecule has 0 radical (unpaired) electrons. The molecule has 0 spiro atoms. The third-order valence-corrected chi connectivity index (χ3v) is 2.87. The third kappa shape index (κ3) is 2.04. The molecule has 0 aromatic heterocycles. The average molecular weight is 241 g/mol. The van der Waals surface area contributed by atoms with Gasteiger partial charge in [0.25, 0.3) is 5.91 Å². The second-order valence-corrected chi connectivity index (χ2v) is 4.03. The average Bonchev–Trinajstić information content (AvgIpc) is 2.30. The van der Waals surface area contributed by atoms with Crippen molar-refractivity contribution in [3.8, 4) is 0 Å². The van der Waals surface area contributed by atoms with Gasteiger partial charge in [0, 0.05) is 6.54 Å². The van der Waals surface area contributed by atoms with Crippen molar-refractivity contribution in [2.75, 3.05) is 24.7 Å². The van der Waals surface area contributed by atoms with Crippen LogP contribution in [0.3, 0.4) is 0 Å². The molecule has 0 bridgehead atoms. The fraction of sp³-hybridized carbons (Fsp3) is 0.364. The van der Waals surface area contributed by atoms with Gasteiger partial charge in [-0.2, -0.15) is 0 Å². The van der Waals surface area contributed by atoms with E-state index >= 15 is 0 Å². The quantitative estimate of drug-likeness (QED) is 0.840. The highest BCUT2D eigenvalue weighted by atomic mass is 35.5. The molecular weight excluding hydrogens is 228 g/mol. The van der Waals surface area contributed by atoms with Gasteiger partial charge in [0.2, 0.25) is 0 Å². The summed E-state index contributed by atoms with van der Waals surface area (Å²) in [5, 5.41) is 0.552. The number of para-hydroxylation sites is 1. The number of nitrogens with two attached hydrogens (primary N) is 1. The summed E-state index contributed by atoms with van der Waals surface area (Å²) in [7, 11) is 0. The van der Waals surface area contributed by atoms with E-state index in [2.05, 4.69) is 0 Å². The minimum absolute atomic E-state index is 0.0850. The van der Waals surface area contributed by atoms with Gasteiger partial charge in [0.15, 0.2) is 0 Å². The second kappa shape index (κ2) is 4.82. The molecule has 1 atom stereocenters.